The number of hydrogen-bond donors (Lipinski definition) is 0. The lowest BCUT2D eigenvalue weighted by Crippen LogP contribution is -2.05. The molecule has 20 heavy (non-hydrogen) atoms. The molecule has 0 radical (unpaired) electrons. The molecule has 0 N–H and O–H groups in total. The van der Waals surface area contributed by atoms with Gasteiger partial charge in [-0.2, -0.15) is 0 Å². The van der Waals surface area contributed by atoms with Gasteiger partial charge in [-0.25, -0.2) is 4.98 Å². The highest BCUT2D eigenvalue weighted by Crippen LogP contribution is 2.28. The van der Waals surface area contributed by atoms with E-state index in [-0.39, 0.29) is 22.6 Å². The van der Waals surface area contributed by atoms with Crippen LogP contribution in [0.4, 0.5) is 0 Å². The van der Waals surface area contributed by atoms with Crippen LogP contribution >= 0.6 is 23.2 Å². The van der Waals surface area contributed by atoms with Crippen LogP contribution in [-0.4, -0.2) is 16.9 Å². The van der Waals surface area contributed by atoms with E-state index in [4.69, 9.17) is 27.9 Å². The number of carbonyl (C=O) groups is 1. The van der Waals surface area contributed by atoms with Crippen molar-refractivity contribution in [3.8, 4) is 5.75 Å². The largest absolute Gasteiger partial charge is 0.490 e. The average molecular weight is 308 g/mol. The standard InChI is InChI=1S/C15H11Cl2NO2/c16-10-7-13(17)14(18-8-10)15(19)9-2-1-3-12(6-9)20-11-4-5-11/h1-3,6-8,11H,4-5H2. The van der Waals surface area contributed by atoms with Gasteiger partial charge in [0.2, 0.25) is 5.78 Å². The third-order valence-electron chi connectivity index (χ3n) is 2.95. The minimum absolute atomic E-state index is 0.194. The molecule has 5 heteroatoms. The Bertz CT molecular complexity index is 669. The lowest BCUT2D eigenvalue weighted by molar-refractivity contribution is 0.103. The minimum atomic E-state index is -0.243. The molecule has 102 valence electrons. The van der Waals surface area contributed by atoms with Crippen LogP contribution in [0.25, 0.3) is 0 Å². The van der Waals surface area contributed by atoms with E-state index in [2.05, 4.69) is 4.98 Å². The maximum absolute atomic E-state index is 12.4. The molecule has 1 aliphatic carbocycles. The number of halogens is 2. The fourth-order valence-electron chi connectivity index (χ4n) is 1.81. The molecule has 0 atom stereocenters. The van der Waals surface area contributed by atoms with E-state index in [1.165, 1.54) is 12.3 Å². The second-order valence-electron chi connectivity index (χ2n) is 4.66. The summed E-state index contributed by atoms with van der Waals surface area (Å²) in [7, 11) is 0. The van der Waals surface area contributed by atoms with Crippen LogP contribution in [0.3, 0.4) is 0 Å². The van der Waals surface area contributed by atoms with Gasteiger partial charge < -0.3 is 4.74 Å². The Hall–Kier alpha value is -1.58. The molecule has 2 aromatic rings. The maximum atomic E-state index is 12.4. The molecule has 0 saturated heterocycles. The molecule has 1 aliphatic rings. The van der Waals surface area contributed by atoms with Gasteiger partial charge >= 0.3 is 0 Å². The molecule has 1 saturated carbocycles. The molecule has 1 heterocycles. The maximum Gasteiger partial charge on any atom is 0.213 e. The summed E-state index contributed by atoms with van der Waals surface area (Å²) < 4.78 is 5.67. The number of ketones is 1. The molecule has 0 spiro atoms. The van der Waals surface area contributed by atoms with Crippen molar-refractivity contribution in [2.24, 2.45) is 0 Å². The zero-order chi connectivity index (χ0) is 14.1. The second-order valence-corrected chi connectivity index (χ2v) is 5.50. The predicted molar refractivity (Wildman–Crippen MR) is 77.8 cm³/mol. The minimum Gasteiger partial charge on any atom is -0.490 e. The molecule has 0 bridgehead atoms. The van der Waals surface area contributed by atoms with Crippen molar-refractivity contribution in [1.82, 2.24) is 4.98 Å². The fourth-order valence-corrected chi connectivity index (χ4v) is 2.27. The lowest BCUT2D eigenvalue weighted by Gasteiger charge is -2.07. The predicted octanol–water partition coefficient (Wildman–Crippen LogP) is 4.16. The topological polar surface area (TPSA) is 39.2 Å². The van der Waals surface area contributed by atoms with Crippen molar-refractivity contribution < 1.29 is 9.53 Å². The first kappa shape index (κ1) is 13.4. The molecule has 0 unspecified atom stereocenters. The molecular weight excluding hydrogens is 297 g/mol. The number of hydrogen-bond acceptors (Lipinski definition) is 3. The van der Waals surface area contributed by atoms with Crippen LogP contribution in [0.2, 0.25) is 10.0 Å². The van der Waals surface area contributed by atoms with E-state index in [0.29, 0.717) is 16.3 Å². The SMILES string of the molecule is O=C(c1cccc(OC2CC2)c1)c1ncc(Cl)cc1Cl. The highest BCUT2D eigenvalue weighted by molar-refractivity contribution is 6.37. The van der Waals surface area contributed by atoms with E-state index in [1.54, 1.807) is 18.2 Å². The van der Waals surface area contributed by atoms with Crippen molar-refractivity contribution in [2.45, 2.75) is 18.9 Å². The van der Waals surface area contributed by atoms with Crippen LogP contribution in [0, 0.1) is 0 Å². The Kier molecular flexibility index (Phi) is 3.64. The molecule has 1 aromatic carbocycles. The number of benzene rings is 1. The van der Waals surface area contributed by atoms with Crippen molar-refractivity contribution in [2.75, 3.05) is 0 Å². The average Bonchev–Trinajstić information content (AvgIpc) is 3.22. The summed E-state index contributed by atoms with van der Waals surface area (Å²) in [6, 6.07) is 8.57. The first-order valence-electron chi connectivity index (χ1n) is 6.26. The van der Waals surface area contributed by atoms with E-state index < -0.39 is 0 Å². The third kappa shape index (κ3) is 2.94. The Morgan fingerprint density at radius 1 is 1.25 bits per heavy atom. The number of pyridine rings is 1. The van der Waals surface area contributed by atoms with Crippen LogP contribution < -0.4 is 4.74 Å². The quantitative estimate of drug-likeness (QED) is 0.796. The van der Waals surface area contributed by atoms with Crippen LogP contribution in [0.5, 0.6) is 5.75 Å². The highest BCUT2D eigenvalue weighted by atomic mass is 35.5. The van der Waals surface area contributed by atoms with Gasteiger partial charge in [0.25, 0.3) is 0 Å². The van der Waals surface area contributed by atoms with E-state index >= 15 is 0 Å². The van der Waals surface area contributed by atoms with E-state index in [0.717, 1.165) is 12.8 Å². The zero-order valence-electron chi connectivity index (χ0n) is 10.5. The molecule has 0 aliphatic heterocycles. The zero-order valence-corrected chi connectivity index (χ0v) is 12.0. The summed E-state index contributed by atoms with van der Waals surface area (Å²) in [4.78, 5) is 16.4. The Morgan fingerprint density at radius 2 is 2.05 bits per heavy atom. The van der Waals surface area contributed by atoms with Crippen molar-refractivity contribution >= 4 is 29.0 Å². The van der Waals surface area contributed by atoms with E-state index in [9.17, 15) is 4.79 Å². The summed E-state index contributed by atoms with van der Waals surface area (Å²) >= 11 is 11.8. The lowest BCUT2D eigenvalue weighted by atomic mass is 10.1. The number of nitrogens with zero attached hydrogens (tertiary/aromatic N) is 1. The normalized spacial score (nSPS) is 14.1. The highest BCUT2D eigenvalue weighted by Gasteiger charge is 2.24. The summed E-state index contributed by atoms with van der Waals surface area (Å²) in [6.45, 7) is 0. The summed E-state index contributed by atoms with van der Waals surface area (Å²) in [6.07, 6.45) is 3.84. The van der Waals surface area contributed by atoms with Gasteiger partial charge in [0.05, 0.1) is 16.1 Å². The Labute approximate surface area is 126 Å². The van der Waals surface area contributed by atoms with Gasteiger partial charge in [-0.15, -0.1) is 0 Å². The van der Waals surface area contributed by atoms with Gasteiger partial charge in [-0.1, -0.05) is 35.3 Å². The van der Waals surface area contributed by atoms with Gasteiger partial charge in [0.1, 0.15) is 11.4 Å². The molecule has 0 amide bonds. The van der Waals surface area contributed by atoms with Crippen LogP contribution in [0.15, 0.2) is 36.5 Å². The number of aromatic nitrogens is 1. The van der Waals surface area contributed by atoms with Crippen molar-refractivity contribution in [3.63, 3.8) is 0 Å². The third-order valence-corrected chi connectivity index (χ3v) is 3.44. The fraction of sp³-hybridized carbons (Fsp3) is 0.200. The molecular formula is C15H11Cl2NO2. The molecule has 1 aromatic heterocycles. The number of rotatable bonds is 4. The number of carbonyl (C=O) groups excluding carboxylic acids is 1. The van der Waals surface area contributed by atoms with Gasteiger partial charge in [-0.05, 0) is 31.0 Å². The monoisotopic (exact) mass is 307 g/mol. The molecule has 3 nitrogen and oxygen atoms in total. The first-order valence-corrected chi connectivity index (χ1v) is 7.01. The van der Waals surface area contributed by atoms with Gasteiger partial charge in [0.15, 0.2) is 0 Å². The van der Waals surface area contributed by atoms with Crippen molar-refractivity contribution in [3.05, 3.63) is 57.8 Å². The smallest absolute Gasteiger partial charge is 0.213 e. The number of ether oxygens (including phenoxy) is 1. The van der Waals surface area contributed by atoms with Crippen molar-refractivity contribution in [1.29, 1.82) is 0 Å². The van der Waals surface area contributed by atoms with E-state index in [1.807, 2.05) is 6.07 Å². The summed E-state index contributed by atoms with van der Waals surface area (Å²) in [5, 5.41) is 0.647. The Balaban J connectivity index is 1.89. The first-order chi connectivity index (χ1) is 9.63. The van der Waals surface area contributed by atoms with Crippen LogP contribution in [-0.2, 0) is 0 Å². The van der Waals surface area contributed by atoms with Gasteiger partial charge in [0, 0.05) is 11.8 Å². The second kappa shape index (κ2) is 5.43. The molecule has 1 fully saturated rings. The molecule has 3 rings (SSSR count). The van der Waals surface area contributed by atoms with Crippen LogP contribution in [0.1, 0.15) is 28.9 Å². The Morgan fingerprint density at radius 3 is 2.75 bits per heavy atom. The summed E-state index contributed by atoms with van der Waals surface area (Å²) in [5.41, 5.74) is 0.694. The summed E-state index contributed by atoms with van der Waals surface area (Å²) in [5.74, 6) is 0.455. The van der Waals surface area contributed by atoms with Gasteiger partial charge in [-0.3, -0.25) is 4.79 Å².